The van der Waals surface area contributed by atoms with E-state index in [4.69, 9.17) is 0 Å². The highest BCUT2D eigenvalue weighted by Gasteiger charge is 2.62. The van der Waals surface area contributed by atoms with Crippen molar-refractivity contribution in [1.29, 1.82) is 0 Å². The Kier molecular flexibility index (Phi) is 4.82. The lowest BCUT2D eigenvalue weighted by Crippen LogP contribution is -2.59. The first-order valence-electron chi connectivity index (χ1n) is 7.69. The third-order valence-corrected chi connectivity index (χ3v) is 7.04. The van der Waals surface area contributed by atoms with Gasteiger partial charge in [0.1, 0.15) is 0 Å². The van der Waals surface area contributed by atoms with Gasteiger partial charge in [0.2, 0.25) is 0 Å². The lowest BCUT2D eigenvalue weighted by Gasteiger charge is -2.68. The summed E-state index contributed by atoms with van der Waals surface area (Å²) in [5.41, 5.74) is 1.49. The Morgan fingerprint density at radius 1 is 0.833 bits per heavy atom. The number of hydrogen-bond donors (Lipinski definition) is 1. The van der Waals surface area contributed by atoms with Crippen molar-refractivity contribution in [2.45, 2.75) is 72.1 Å². The van der Waals surface area contributed by atoms with Crippen molar-refractivity contribution < 1.29 is 0 Å². The molecule has 4 aliphatic carbocycles. The van der Waals surface area contributed by atoms with Crippen molar-refractivity contribution in [1.82, 2.24) is 6.15 Å². The molecule has 0 aromatic rings. The van der Waals surface area contributed by atoms with Crippen LogP contribution in [-0.4, -0.2) is 0 Å². The van der Waals surface area contributed by atoms with E-state index in [1.54, 1.807) is 32.1 Å². The molecular formula is C16H32ClN. The molecule has 0 spiro atoms. The molecule has 0 radical (unpaired) electrons. The van der Waals surface area contributed by atoms with Gasteiger partial charge in [-0.3, -0.25) is 0 Å². The molecule has 18 heavy (non-hydrogen) atoms. The second-order valence-electron chi connectivity index (χ2n) is 7.04. The van der Waals surface area contributed by atoms with E-state index in [0.29, 0.717) is 0 Å². The Morgan fingerprint density at radius 3 is 1.72 bits per heavy atom. The molecule has 2 heteroatoms. The summed E-state index contributed by atoms with van der Waals surface area (Å²) in [5, 5.41) is 0. The fraction of sp³-hybridized carbons (Fsp3) is 1.00. The van der Waals surface area contributed by atoms with Crippen LogP contribution in [0.5, 0.6) is 0 Å². The first-order valence-corrected chi connectivity index (χ1v) is 7.69. The van der Waals surface area contributed by atoms with Crippen molar-refractivity contribution in [3.05, 3.63) is 0 Å². The lowest BCUT2D eigenvalue weighted by atomic mass is 9.37. The summed E-state index contributed by atoms with van der Waals surface area (Å²) in [4.78, 5) is 0. The summed E-state index contributed by atoms with van der Waals surface area (Å²) < 4.78 is 0. The third kappa shape index (κ3) is 1.77. The fourth-order valence-corrected chi connectivity index (χ4v) is 6.60. The highest BCUT2D eigenvalue weighted by atomic mass is 35.5. The van der Waals surface area contributed by atoms with E-state index in [2.05, 4.69) is 20.8 Å². The molecule has 1 nitrogen and oxygen atoms in total. The maximum Gasteiger partial charge on any atom is -0.0218 e. The van der Waals surface area contributed by atoms with Gasteiger partial charge in [0, 0.05) is 0 Å². The molecule has 2 unspecified atom stereocenters. The average molecular weight is 274 g/mol. The fourth-order valence-electron chi connectivity index (χ4n) is 6.60. The highest BCUT2D eigenvalue weighted by molar-refractivity contribution is 5.85. The minimum absolute atomic E-state index is 0. The van der Waals surface area contributed by atoms with Crippen LogP contribution < -0.4 is 6.15 Å². The van der Waals surface area contributed by atoms with Crippen molar-refractivity contribution in [3.63, 3.8) is 0 Å². The van der Waals surface area contributed by atoms with Crippen molar-refractivity contribution >= 4 is 12.4 Å². The second kappa shape index (κ2) is 5.32. The van der Waals surface area contributed by atoms with Crippen LogP contribution in [0.2, 0.25) is 0 Å². The van der Waals surface area contributed by atoms with Gasteiger partial charge in [-0.1, -0.05) is 20.8 Å². The Morgan fingerprint density at radius 2 is 1.33 bits per heavy atom. The first-order chi connectivity index (χ1) is 7.69. The smallest absolute Gasteiger partial charge is 0.0218 e. The summed E-state index contributed by atoms with van der Waals surface area (Å²) in [6.45, 7) is 7.43. The van der Waals surface area contributed by atoms with Gasteiger partial charge < -0.3 is 6.15 Å². The monoisotopic (exact) mass is 273 g/mol. The minimum Gasteiger partial charge on any atom is -0.344 e. The van der Waals surface area contributed by atoms with Crippen LogP contribution in [0.25, 0.3) is 0 Å². The van der Waals surface area contributed by atoms with Crippen LogP contribution in [0.4, 0.5) is 0 Å². The Hall–Kier alpha value is 0.250. The standard InChI is InChI=1S/C16H28.ClH.H3N/c1-4-15-10-12-7-13(11-15)9-14(8-12)16(15,5-2)6-3;;/h12-14H,4-11H2,1-3H3;1H;1H3. The molecule has 2 atom stereocenters. The van der Waals surface area contributed by atoms with E-state index >= 15 is 0 Å². The van der Waals surface area contributed by atoms with Gasteiger partial charge in [0.15, 0.2) is 0 Å². The zero-order valence-electron chi connectivity index (χ0n) is 12.5. The molecule has 4 saturated carbocycles. The molecule has 108 valence electrons. The topological polar surface area (TPSA) is 35.0 Å². The summed E-state index contributed by atoms with van der Waals surface area (Å²) >= 11 is 0. The summed E-state index contributed by atoms with van der Waals surface area (Å²) in [6, 6.07) is 0. The molecule has 0 aliphatic heterocycles. The Labute approximate surface area is 119 Å². The summed E-state index contributed by atoms with van der Waals surface area (Å²) in [7, 11) is 0. The van der Waals surface area contributed by atoms with Crippen LogP contribution in [0.3, 0.4) is 0 Å². The largest absolute Gasteiger partial charge is 0.344 e. The number of halogens is 1. The number of rotatable bonds is 3. The van der Waals surface area contributed by atoms with E-state index < -0.39 is 0 Å². The molecule has 0 saturated heterocycles. The van der Waals surface area contributed by atoms with Crippen molar-refractivity contribution in [3.8, 4) is 0 Å². The maximum atomic E-state index is 2.48. The van der Waals surface area contributed by atoms with Crippen LogP contribution in [-0.2, 0) is 0 Å². The molecule has 4 rings (SSSR count). The predicted octanol–water partition coefficient (Wildman–Crippen LogP) is 5.61. The van der Waals surface area contributed by atoms with Gasteiger partial charge in [-0.25, -0.2) is 0 Å². The van der Waals surface area contributed by atoms with E-state index in [0.717, 1.165) is 28.6 Å². The summed E-state index contributed by atoms with van der Waals surface area (Å²) in [6.07, 6.45) is 12.3. The van der Waals surface area contributed by atoms with Gasteiger partial charge >= 0.3 is 0 Å². The zero-order valence-corrected chi connectivity index (χ0v) is 13.3. The molecule has 4 bridgehead atoms. The van der Waals surface area contributed by atoms with Gasteiger partial charge in [-0.05, 0) is 80.0 Å². The van der Waals surface area contributed by atoms with Gasteiger partial charge in [-0.2, -0.15) is 0 Å². The second-order valence-corrected chi connectivity index (χ2v) is 7.04. The van der Waals surface area contributed by atoms with Crippen molar-refractivity contribution in [2.24, 2.45) is 28.6 Å². The van der Waals surface area contributed by atoms with E-state index in [-0.39, 0.29) is 18.6 Å². The van der Waals surface area contributed by atoms with E-state index in [9.17, 15) is 0 Å². The summed E-state index contributed by atoms with van der Waals surface area (Å²) in [5.74, 6) is 3.32. The quantitative estimate of drug-likeness (QED) is 0.712. The molecule has 4 fully saturated rings. The van der Waals surface area contributed by atoms with E-state index in [1.165, 1.54) is 19.3 Å². The van der Waals surface area contributed by atoms with Gasteiger partial charge in [0.25, 0.3) is 0 Å². The van der Waals surface area contributed by atoms with Crippen LogP contribution in [0.15, 0.2) is 0 Å². The lowest BCUT2D eigenvalue weighted by molar-refractivity contribution is -0.183. The predicted molar refractivity (Wildman–Crippen MR) is 81.6 cm³/mol. The van der Waals surface area contributed by atoms with Gasteiger partial charge in [0.05, 0.1) is 0 Å². The Balaban J connectivity index is 0.000000810. The van der Waals surface area contributed by atoms with Crippen LogP contribution in [0, 0.1) is 28.6 Å². The van der Waals surface area contributed by atoms with E-state index in [1.807, 2.05) is 0 Å². The van der Waals surface area contributed by atoms with Gasteiger partial charge in [-0.15, -0.1) is 12.4 Å². The van der Waals surface area contributed by atoms with Crippen LogP contribution in [0.1, 0.15) is 72.1 Å². The van der Waals surface area contributed by atoms with Crippen LogP contribution >= 0.6 is 12.4 Å². The molecule has 4 aliphatic rings. The number of hydrogen-bond acceptors (Lipinski definition) is 1. The molecular weight excluding hydrogens is 242 g/mol. The zero-order chi connectivity index (χ0) is 11.4. The SMILES string of the molecule is CCC12CC3CC(CC(C3)C1(CC)CC)C2.Cl.N. The highest BCUT2D eigenvalue weighted by Crippen LogP contribution is 2.71. The third-order valence-electron chi connectivity index (χ3n) is 7.04. The minimum atomic E-state index is 0. The molecule has 0 aromatic carbocycles. The average Bonchev–Trinajstić information content (AvgIpc) is 2.29. The van der Waals surface area contributed by atoms with Crippen molar-refractivity contribution in [2.75, 3.05) is 0 Å². The first kappa shape index (κ1) is 16.3. The molecule has 0 heterocycles. The Bertz CT molecular complexity index is 271. The maximum absolute atomic E-state index is 2.48. The normalized spacial score (nSPS) is 43.2. The molecule has 3 N–H and O–H groups in total. The molecule has 0 amide bonds. The molecule has 0 aromatic heterocycles.